The minimum absolute atomic E-state index is 0.410. The molecule has 0 fully saturated rings. The summed E-state index contributed by atoms with van der Waals surface area (Å²) in [6.07, 6.45) is 3.59. The first-order valence-corrected chi connectivity index (χ1v) is 6.27. The van der Waals surface area contributed by atoms with E-state index in [9.17, 15) is 0 Å². The molecule has 0 bridgehead atoms. The Bertz CT molecular complexity index is 755. The normalized spacial score (nSPS) is 11.0. The van der Waals surface area contributed by atoms with E-state index in [4.69, 9.17) is 18.0 Å². The van der Waals surface area contributed by atoms with Crippen molar-refractivity contribution in [2.24, 2.45) is 12.8 Å². The van der Waals surface area contributed by atoms with E-state index in [2.05, 4.69) is 20.7 Å². The van der Waals surface area contributed by atoms with Crippen molar-refractivity contribution in [2.75, 3.05) is 0 Å². The lowest BCUT2D eigenvalue weighted by Gasteiger charge is -2.06. The molecule has 0 aliphatic heterocycles. The molecule has 19 heavy (non-hydrogen) atoms. The van der Waals surface area contributed by atoms with Gasteiger partial charge >= 0.3 is 0 Å². The summed E-state index contributed by atoms with van der Waals surface area (Å²) in [5, 5.41) is 5.23. The van der Waals surface area contributed by atoms with Crippen LogP contribution in [0.15, 0.2) is 36.8 Å². The van der Waals surface area contributed by atoms with Crippen LogP contribution in [0.25, 0.3) is 10.9 Å². The first-order chi connectivity index (χ1) is 9.15. The fourth-order valence-electron chi connectivity index (χ4n) is 2.09. The van der Waals surface area contributed by atoms with Crippen LogP contribution in [0.5, 0.6) is 0 Å². The van der Waals surface area contributed by atoms with E-state index >= 15 is 0 Å². The van der Waals surface area contributed by atoms with Gasteiger partial charge in [0.25, 0.3) is 0 Å². The summed E-state index contributed by atoms with van der Waals surface area (Å²) >= 11 is 5.02. The molecular weight excluding hydrogens is 258 g/mol. The van der Waals surface area contributed by atoms with Crippen molar-refractivity contribution in [2.45, 2.75) is 6.54 Å². The number of hydrogen-bond acceptors (Lipinski definition) is 3. The maximum Gasteiger partial charge on any atom is 0.146 e. The van der Waals surface area contributed by atoms with E-state index in [-0.39, 0.29) is 0 Å². The van der Waals surface area contributed by atoms with E-state index in [0.29, 0.717) is 11.5 Å². The Balaban J connectivity index is 2.06. The van der Waals surface area contributed by atoms with Gasteiger partial charge in [0.1, 0.15) is 17.1 Å². The minimum atomic E-state index is 0.410. The van der Waals surface area contributed by atoms with Gasteiger partial charge in [-0.3, -0.25) is 4.68 Å². The lowest BCUT2D eigenvalue weighted by Crippen LogP contribution is -2.10. The number of nitrogens with two attached hydrogens (primary N) is 1. The van der Waals surface area contributed by atoms with Crippen molar-refractivity contribution in [1.82, 2.24) is 19.3 Å². The molecule has 6 heteroatoms. The lowest BCUT2D eigenvalue weighted by molar-refractivity contribution is 0.664. The number of aryl methyl sites for hydroxylation is 1. The van der Waals surface area contributed by atoms with E-state index in [1.54, 1.807) is 11.0 Å². The van der Waals surface area contributed by atoms with Crippen LogP contribution >= 0.6 is 12.2 Å². The van der Waals surface area contributed by atoms with Crippen LogP contribution in [0.2, 0.25) is 0 Å². The highest BCUT2D eigenvalue weighted by atomic mass is 32.1. The van der Waals surface area contributed by atoms with Gasteiger partial charge in [-0.15, -0.1) is 0 Å². The SMILES string of the molecule is Cn1ncnc1Cn1ccc2ccc(C(N)=S)cc21. The number of rotatable bonds is 3. The van der Waals surface area contributed by atoms with Crippen LogP contribution in [0.3, 0.4) is 0 Å². The van der Waals surface area contributed by atoms with Crippen LogP contribution < -0.4 is 5.73 Å². The summed E-state index contributed by atoms with van der Waals surface area (Å²) < 4.78 is 3.88. The van der Waals surface area contributed by atoms with Gasteiger partial charge in [-0.1, -0.05) is 24.4 Å². The molecule has 0 aliphatic rings. The second-order valence-corrected chi connectivity index (χ2v) is 4.82. The van der Waals surface area contributed by atoms with Gasteiger partial charge in [0.2, 0.25) is 0 Å². The van der Waals surface area contributed by atoms with Crippen molar-refractivity contribution in [1.29, 1.82) is 0 Å². The number of aromatic nitrogens is 4. The Morgan fingerprint density at radius 1 is 1.37 bits per heavy atom. The van der Waals surface area contributed by atoms with Gasteiger partial charge in [0.05, 0.1) is 6.54 Å². The summed E-state index contributed by atoms with van der Waals surface area (Å²) in [5.41, 5.74) is 7.65. The van der Waals surface area contributed by atoms with Gasteiger partial charge in [0.15, 0.2) is 0 Å². The molecule has 0 amide bonds. The molecule has 96 valence electrons. The Labute approximate surface area is 115 Å². The zero-order valence-corrected chi connectivity index (χ0v) is 11.3. The Hall–Kier alpha value is -2.21. The molecule has 0 spiro atoms. The molecule has 0 saturated heterocycles. The second-order valence-electron chi connectivity index (χ2n) is 4.38. The number of hydrogen-bond donors (Lipinski definition) is 1. The van der Waals surface area contributed by atoms with Crippen LogP contribution in [0.4, 0.5) is 0 Å². The van der Waals surface area contributed by atoms with Crippen molar-refractivity contribution in [3.05, 3.63) is 48.2 Å². The van der Waals surface area contributed by atoms with E-state index < -0.39 is 0 Å². The quantitative estimate of drug-likeness (QED) is 0.732. The average molecular weight is 271 g/mol. The summed E-state index contributed by atoms with van der Waals surface area (Å²) in [6.45, 7) is 0.667. The summed E-state index contributed by atoms with van der Waals surface area (Å²) in [7, 11) is 1.88. The highest BCUT2D eigenvalue weighted by Gasteiger charge is 2.07. The molecular formula is C13H13N5S. The molecule has 0 saturated carbocycles. The van der Waals surface area contributed by atoms with Crippen molar-refractivity contribution < 1.29 is 0 Å². The highest BCUT2D eigenvalue weighted by molar-refractivity contribution is 7.80. The number of thiocarbonyl (C=S) groups is 1. The predicted octanol–water partition coefficient (Wildman–Crippen LogP) is 1.45. The highest BCUT2D eigenvalue weighted by Crippen LogP contribution is 2.18. The van der Waals surface area contributed by atoms with Gasteiger partial charge in [0, 0.05) is 24.3 Å². The molecule has 3 aromatic rings. The zero-order chi connectivity index (χ0) is 13.4. The maximum atomic E-state index is 5.68. The number of fused-ring (bicyclic) bond motifs is 1. The molecule has 0 atom stereocenters. The number of nitrogens with zero attached hydrogens (tertiary/aromatic N) is 4. The third-order valence-electron chi connectivity index (χ3n) is 3.18. The van der Waals surface area contributed by atoms with Gasteiger partial charge in [-0.2, -0.15) is 5.10 Å². The summed E-state index contributed by atoms with van der Waals surface area (Å²) in [5.74, 6) is 0.901. The Kier molecular flexibility index (Phi) is 2.79. The van der Waals surface area contributed by atoms with Crippen molar-refractivity contribution >= 4 is 28.1 Å². The smallest absolute Gasteiger partial charge is 0.146 e. The fraction of sp³-hybridized carbons (Fsp3) is 0.154. The van der Waals surface area contributed by atoms with Gasteiger partial charge in [-0.25, -0.2) is 4.98 Å². The first kappa shape index (κ1) is 11.9. The fourth-order valence-corrected chi connectivity index (χ4v) is 2.22. The molecule has 2 N–H and O–H groups in total. The van der Waals surface area contributed by atoms with Crippen LogP contribution in [0.1, 0.15) is 11.4 Å². The van der Waals surface area contributed by atoms with Crippen LogP contribution in [-0.4, -0.2) is 24.3 Å². The van der Waals surface area contributed by atoms with Gasteiger partial charge in [-0.05, 0) is 17.5 Å². The molecule has 0 radical (unpaired) electrons. The second kappa shape index (κ2) is 4.47. The zero-order valence-electron chi connectivity index (χ0n) is 10.4. The van der Waals surface area contributed by atoms with E-state index in [0.717, 1.165) is 22.3 Å². The molecule has 1 aromatic carbocycles. The van der Waals surface area contributed by atoms with E-state index in [1.807, 2.05) is 31.4 Å². The summed E-state index contributed by atoms with van der Waals surface area (Å²) in [6, 6.07) is 8.04. The van der Waals surface area contributed by atoms with Crippen LogP contribution in [0, 0.1) is 0 Å². The van der Waals surface area contributed by atoms with Crippen LogP contribution in [-0.2, 0) is 13.6 Å². The van der Waals surface area contributed by atoms with Crippen molar-refractivity contribution in [3.8, 4) is 0 Å². The Morgan fingerprint density at radius 2 is 2.21 bits per heavy atom. The largest absolute Gasteiger partial charge is 0.389 e. The molecule has 2 aromatic heterocycles. The lowest BCUT2D eigenvalue weighted by atomic mass is 10.1. The molecule has 0 aliphatic carbocycles. The first-order valence-electron chi connectivity index (χ1n) is 5.87. The predicted molar refractivity (Wildman–Crippen MR) is 77.9 cm³/mol. The topological polar surface area (TPSA) is 61.7 Å². The molecule has 3 rings (SSSR count). The van der Waals surface area contributed by atoms with E-state index in [1.165, 1.54) is 0 Å². The standard InChI is InChI=1S/C13H13N5S/c1-17-12(15-8-16-17)7-18-5-4-9-2-3-10(13(14)19)6-11(9)18/h2-6,8H,7H2,1H3,(H2,14,19). The third kappa shape index (κ3) is 2.10. The molecule has 2 heterocycles. The maximum absolute atomic E-state index is 5.68. The minimum Gasteiger partial charge on any atom is -0.389 e. The monoisotopic (exact) mass is 271 g/mol. The number of benzene rings is 1. The molecule has 0 unspecified atom stereocenters. The third-order valence-corrected chi connectivity index (χ3v) is 3.41. The van der Waals surface area contributed by atoms with Gasteiger partial charge < -0.3 is 10.3 Å². The summed E-state index contributed by atoms with van der Waals surface area (Å²) in [4.78, 5) is 4.65. The van der Waals surface area contributed by atoms with Crippen molar-refractivity contribution in [3.63, 3.8) is 0 Å². The Morgan fingerprint density at radius 3 is 2.89 bits per heavy atom. The molecule has 5 nitrogen and oxygen atoms in total. The average Bonchev–Trinajstić information content (AvgIpc) is 2.97.